The molecule has 72 valence electrons. The normalized spacial score (nSPS) is 10.4. The summed E-state index contributed by atoms with van der Waals surface area (Å²) in [6.07, 6.45) is 0. The van der Waals surface area contributed by atoms with Gasteiger partial charge in [-0.1, -0.05) is 17.7 Å². The fourth-order valence-corrected chi connectivity index (χ4v) is 1.31. The molecule has 2 N–H and O–H groups in total. The summed E-state index contributed by atoms with van der Waals surface area (Å²) < 4.78 is 29.1. The first-order valence-electron chi connectivity index (χ1n) is 3.42. The Morgan fingerprint density at radius 1 is 1.43 bits per heavy atom. The third-order valence-corrected chi connectivity index (χ3v) is 2.03. The number of rotatable bonds is 3. The van der Waals surface area contributed by atoms with Crippen LogP contribution in [0.15, 0.2) is 24.3 Å². The third kappa shape index (κ3) is 5.85. The van der Waals surface area contributed by atoms with E-state index in [-0.39, 0.29) is 29.6 Å². The Balaban J connectivity index is 0.00000169. The van der Waals surface area contributed by atoms with Crippen LogP contribution < -0.4 is 34.9 Å². The van der Waals surface area contributed by atoms with Crippen LogP contribution >= 0.6 is 11.6 Å². The van der Waals surface area contributed by atoms with Crippen molar-refractivity contribution in [3.8, 4) is 0 Å². The van der Waals surface area contributed by atoms with Crippen molar-refractivity contribution in [1.29, 1.82) is 0 Å². The zero-order valence-corrected chi connectivity index (χ0v) is 11.1. The molecule has 0 saturated carbocycles. The zero-order chi connectivity index (χ0) is 9.90. The van der Waals surface area contributed by atoms with Gasteiger partial charge >= 0.3 is 29.6 Å². The summed E-state index contributed by atoms with van der Waals surface area (Å²) in [5, 5.41) is 3.00. The molecule has 0 radical (unpaired) electrons. The Kier molecular flexibility index (Phi) is 6.04. The molecule has 1 rings (SSSR count). The van der Waals surface area contributed by atoms with Crippen molar-refractivity contribution >= 4 is 27.4 Å². The summed E-state index contributed by atoms with van der Waals surface area (Å²) >= 11 is 5.64. The molecule has 0 unspecified atom stereocenters. The van der Waals surface area contributed by atoms with Crippen LogP contribution in [0.4, 0.5) is 5.69 Å². The molecule has 0 atom stereocenters. The van der Waals surface area contributed by atoms with Gasteiger partial charge in [0.2, 0.25) is 0 Å². The van der Waals surface area contributed by atoms with Crippen LogP contribution in [-0.2, 0) is 10.1 Å². The largest absolute Gasteiger partial charge is 1.00 e. The zero-order valence-electron chi connectivity index (χ0n) is 7.57. The van der Waals surface area contributed by atoms with Crippen molar-refractivity contribution in [1.82, 2.24) is 0 Å². The minimum absolute atomic E-state index is 0. The molecule has 0 fully saturated rings. The average Bonchev–Trinajstić information content (AvgIpc) is 2.00. The molecule has 7 heteroatoms. The van der Waals surface area contributed by atoms with Crippen LogP contribution in [0.25, 0.3) is 0 Å². The third-order valence-electron chi connectivity index (χ3n) is 1.28. The van der Waals surface area contributed by atoms with E-state index in [2.05, 4.69) is 5.32 Å². The molecule has 14 heavy (non-hydrogen) atoms. The monoisotopic (exact) mass is 244 g/mol. The molecule has 0 amide bonds. The Morgan fingerprint density at radius 2 is 2.07 bits per heavy atom. The summed E-state index contributed by atoms with van der Waals surface area (Å²) in [5.74, 6) is -0.520. The van der Waals surface area contributed by atoms with Crippen LogP contribution in [0.2, 0.25) is 5.02 Å². The average molecular weight is 245 g/mol. The number of hydrogen-bond acceptors (Lipinski definition) is 3. The summed E-state index contributed by atoms with van der Waals surface area (Å²) in [5.41, 5.74) is 0.546. The molecular weight excluding hydrogens is 237 g/mol. The van der Waals surface area contributed by atoms with Crippen LogP contribution in [-0.4, -0.2) is 18.8 Å². The van der Waals surface area contributed by atoms with Crippen molar-refractivity contribution in [3.63, 3.8) is 0 Å². The summed E-state index contributed by atoms with van der Waals surface area (Å²) in [7, 11) is -3.99. The van der Waals surface area contributed by atoms with Gasteiger partial charge < -0.3 is 5.32 Å². The maximum Gasteiger partial charge on any atom is 1.00 e. The van der Waals surface area contributed by atoms with Crippen LogP contribution in [0.1, 0.15) is 0 Å². The fourth-order valence-electron chi connectivity index (χ4n) is 0.773. The maximum atomic E-state index is 10.3. The van der Waals surface area contributed by atoms with Crippen molar-refractivity contribution in [2.24, 2.45) is 0 Å². The summed E-state index contributed by atoms with van der Waals surface area (Å²) in [6.45, 7) is 0. The quantitative estimate of drug-likeness (QED) is 0.507. The van der Waals surface area contributed by atoms with E-state index in [1.54, 1.807) is 24.3 Å². The Bertz CT molecular complexity index is 396. The molecule has 0 spiro atoms. The van der Waals surface area contributed by atoms with E-state index >= 15 is 0 Å². The van der Waals surface area contributed by atoms with E-state index in [0.29, 0.717) is 10.7 Å². The van der Waals surface area contributed by atoms with E-state index in [0.717, 1.165) is 0 Å². The molecule has 0 heterocycles. The van der Waals surface area contributed by atoms with E-state index < -0.39 is 16.0 Å². The molecule has 1 aromatic carbocycles. The number of hydrogen-bond donors (Lipinski definition) is 2. The van der Waals surface area contributed by atoms with Gasteiger partial charge in [0, 0.05) is 10.7 Å². The summed E-state index contributed by atoms with van der Waals surface area (Å²) in [4.78, 5) is 0. The van der Waals surface area contributed by atoms with Gasteiger partial charge in [-0.05, 0) is 18.2 Å². The van der Waals surface area contributed by atoms with Gasteiger partial charge in [0.05, 0.1) is 0 Å². The van der Waals surface area contributed by atoms with Crippen molar-refractivity contribution in [2.45, 2.75) is 0 Å². The van der Waals surface area contributed by atoms with Crippen LogP contribution in [0.3, 0.4) is 0 Å². The molecule has 0 bridgehead atoms. The van der Waals surface area contributed by atoms with Crippen LogP contribution in [0.5, 0.6) is 0 Å². The minimum atomic E-state index is -3.99. The Morgan fingerprint density at radius 3 is 2.57 bits per heavy atom. The van der Waals surface area contributed by atoms with Gasteiger partial charge in [-0.3, -0.25) is 4.55 Å². The van der Waals surface area contributed by atoms with Gasteiger partial charge in [-0.2, -0.15) is 8.42 Å². The fraction of sp³-hybridized carbons (Fsp3) is 0.143. The second kappa shape index (κ2) is 5.95. The van der Waals surface area contributed by atoms with E-state index in [1.807, 2.05) is 0 Å². The Labute approximate surface area is 110 Å². The molecule has 0 aromatic heterocycles. The molecule has 0 aliphatic rings. The molecule has 0 aliphatic carbocycles. The minimum Gasteiger partial charge on any atom is -0.370 e. The van der Waals surface area contributed by atoms with Gasteiger partial charge in [-0.15, -0.1) is 0 Å². The first-order valence-corrected chi connectivity index (χ1v) is 5.41. The van der Waals surface area contributed by atoms with Gasteiger partial charge in [0.1, 0.15) is 5.88 Å². The van der Waals surface area contributed by atoms with Crippen LogP contribution in [0, 0.1) is 0 Å². The standard InChI is InChI=1S/C7H8ClNO3S.Na/c8-6-2-1-3-7(4-6)9-5-13(10,11)12;/h1-4,9H,5H2,(H,10,11,12);/q;+1. The number of anilines is 1. The predicted octanol–water partition coefficient (Wildman–Crippen LogP) is -1.40. The van der Waals surface area contributed by atoms with Gasteiger partial charge in [0.25, 0.3) is 10.1 Å². The van der Waals surface area contributed by atoms with Crippen molar-refractivity contribution in [3.05, 3.63) is 29.3 Å². The number of benzene rings is 1. The van der Waals surface area contributed by atoms with Gasteiger partial charge in [-0.25, -0.2) is 0 Å². The first-order chi connectivity index (χ1) is 5.97. The van der Waals surface area contributed by atoms with Gasteiger partial charge in [0.15, 0.2) is 0 Å². The van der Waals surface area contributed by atoms with E-state index in [4.69, 9.17) is 16.2 Å². The molecular formula is C7H8ClNNaO3S+. The maximum absolute atomic E-state index is 10.3. The second-order valence-corrected chi connectivity index (χ2v) is 4.30. The Hall–Kier alpha value is 0.220. The smallest absolute Gasteiger partial charge is 0.370 e. The number of halogens is 1. The van der Waals surface area contributed by atoms with E-state index in [1.165, 1.54) is 0 Å². The summed E-state index contributed by atoms with van der Waals surface area (Å²) in [6, 6.07) is 6.55. The SMILES string of the molecule is O=S(=O)(O)CNc1cccc(Cl)c1.[Na+]. The van der Waals surface area contributed by atoms with Crippen molar-refractivity contribution < 1.29 is 42.5 Å². The molecule has 0 aliphatic heterocycles. The van der Waals surface area contributed by atoms with Crippen molar-refractivity contribution in [2.75, 3.05) is 11.2 Å². The molecule has 1 aromatic rings. The van der Waals surface area contributed by atoms with E-state index in [9.17, 15) is 8.42 Å². The topological polar surface area (TPSA) is 66.4 Å². The molecule has 0 saturated heterocycles. The second-order valence-electron chi connectivity index (χ2n) is 2.41. The molecule has 4 nitrogen and oxygen atoms in total. The predicted molar refractivity (Wildman–Crippen MR) is 51.5 cm³/mol. The first kappa shape index (κ1) is 14.2. The number of nitrogens with one attached hydrogen (secondary N) is 1.